The first kappa shape index (κ1) is 9.85. The van der Waals surface area contributed by atoms with Crippen molar-refractivity contribution in [2.75, 3.05) is 13.7 Å². The molecule has 1 rings (SSSR count). The number of rotatable bonds is 5. The molecule has 0 N–H and O–H groups in total. The van der Waals surface area contributed by atoms with Crippen molar-refractivity contribution in [2.45, 2.75) is 12.8 Å². The smallest absolute Gasteiger partial charge is 0.158 e. The summed E-state index contributed by atoms with van der Waals surface area (Å²) in [4.78, 5) is 15.1. The number of ketones is 1. The highest BCUT2D eigenvalue weighted by Gasteiger charge is 2.05. The van der Waals surface area contributed by atoms with Gasteiger partial charge in [-0.15, -0.1) is 0 Å². The molecule has 0 bridgehead atoms. The van der Waals surface area contributed by atoms with Gasteiger partial charge in [0.2, 0.25) is 0 Å². The van der Waals surface area contributed by atoms with Gasteiger partial charge in [-0.2, -0.15) is 5.10 Å². The van der Waals surface area contributed by atoms with Crippen LogP contribution in [0.15, 0.2) is 6.33 Å². The van der Waals surface area contributed by atoms with Gasteiger partial charge in [0.25, 0.3) is 0 Å². The Morgan fingerprint density at radius 2 is 2.46 bits per heavy atom. The molecule has 0 aliphatic carbocycles. The summed E-state index contributed by atoms with van der Waals surface area (Å²) in [5, 5.41) is 3.90. The molecule has 0 spiro atoms. The monoisotopic (exact) mass is 183 g/mol. The van der Waals surface area contributed by atoms with Crippen LogP contribution in [0.1, 0.15) is 12.2 Å². The first-order valence-corrected chi connectivity index (χ1v) is 4.07. The zero-order valence-electron chi connectivity index (χ0n) is 7.86. The van der Waals surface area contributed by atoms with Gasteiger partial charge in [0.1, 0.15) is 18.8 Å². The first-order chi connectivity index (χ1) is 6.24. The molecule has 1 aromatic rings. The number of nitrogens with zero attached hydrogens (tertiary/aromatic N) is 3. The van der Waals surface area contributed by atoms with Gasteiger partial charge < -0.3 is 4.74 Å². The standard InChI is InChI=1S/C8H13N3O2/c1-11-8(9-6-10-11)4-3-7(12)5-13-2/h6H,3-5H2,1-2H3. The number of aromatic nitrogens is 3. The van der Waals surface area contributed by atoms with Gasteiger partial charge in [-0.3, -0.25) is 9.48 Å². The Kier molecular flexibility index (Phi) is 3.57. The van der Waals surface area contributed by atoms with Crippen molar-refractivity contribution in [1.29, 1.82) is 0 Å². The Morgan fingerprint density at radius 1 is 1.69 bits per heavy atom. The van der Waals surface area contributed by atoms with Gasteiger partial charge in [-0.1, -0.05) is 0 Å². The van der Waals surface area contributed by atoms with Crippen LogP contribution >= 0.6 is 0 Å². The minimum absolute atomic E-state index is 0.0884. The summed E-state index contributed by atoms with van der Waals surface area (Å²) in [5.74, 6) is 0.912. The van der Waals surface area contributed by atoms with E-state index in [9.17, 15) is 4.79 Å². The number of Topliss-reactive ketones (excluding diaryl/α,β-unsaturated/α-hetero) is 1. The van der Waals surface area contributed by atoms with Gasteiger partial charge in [0, 0.05) is 27.0 Å². The molecule has 72 valence electrons. The van der Waals surface area contributed by atoms with E-state index in [1.807, 2.05) is 7.05 Å². The Labute approximate surface area is 76.7 Å². The van der Waals surface area contributed by atoms with Crippen molar-refractivity contribution >= 4 is 5.78 Å². The average molecular weight is 183 g/mol. The molecule has 13 heavy (non-hydrogen) atoms. The zero-order valence-corrected chi connectivity index (χ0v) is 7.86. The number of hydrogen-bond donors (Lipinski definition) is 0. The molecule has 0 fully saturated rings. The molecule has 0 amide bonds. The summed E-state index contributed by atoms with van der Waals surface area (Å²) in [6, 6.07) is 0. The second-order valence-electron chi connectivity index (χ2n) is 2.77. The Balaban J connectivity index is 2.35. The number of hydrogen-bond acceptors (Lipinski definition) is 4. The molecule has 0 aliphatic heterocycles. The lowest BCUT2D eigenvalue weighted by molar-refractivity contribution is -0.122. The summed E-state index contributed by atoms with van der Waals surface area (Å²) >= 11 is 0. The third kappa shape index (κ3) is 2.95. The van der Waals surface area contributed by atoms with E-state index in [4.69, 9.17) is 4.74 Å². The summed E-state index contributed by atoms with van der Waals surface area (Å²) in [6.07, 6.45) is 2.56. The summed E-state index contributed by atoms with van der Waals surface area (Å²) in [7, 11) is 3.32. The highest BCUT2D eigenvalue weighted by Crippen LogP contribution is 1.97. The van der Waals surface area contributed by atoms with Crippen LogP contribution in [0.25, 0.3) is 0 Å². The number of ether oxygens (including phenoxy) is 1. The highest BCUT2D eigenvalue weighted by molar-refractivity contribution is 5.79. The Morgan fingerprint density at radius 3 is 3.00 bits per heavy atom. The van der Waals surface area contributed by atoms with Crippen LogP contribution in [0.3, 0.4) is 0 Å². The summed E-state index contributed by atoms with van der Waals surface area (Å²) < 4.78 is 6.38. The van der Waals surface area contributed by atoms with Gasteiger partial charge in [0.15, 0.2) is 5.78 Å². The predicted octanol–water partition coefficient (Wildman–Crippen LogP) is -0.0368. The van der Waals surface area contributed by atoms with Crippen LogP contribution in [-0.4, -0.2) is 34.3 Å². The quantitative estimate of drug-likeness (QED) is 0.643. The molecule has 5 nitrogen and oxygen atoms in total. The molecule has 0 saturated heterocycles. The molecule has 0 radical (unpaired) electrons. The van der Waals surface area contributed by atoms with Gasteiger partial charge in [0.05, 0.1) is 0 Å². The molecule has 0 unspecified atom stereocenters. The van der Waals surface area contributed by atoms with Crippen molar-refractivity contribution in [3.63, 3.8) is 0 Å². The van der Waals surface area contributed by atoms with Gasteiger partial charge in [-0.05, 0) is 0 Å². The molecule has 5 heteroatoms. The molecule has 0 aliphatic rings. The van der Waals surface area contributed by atoms with E-state index in [2.05, 4.69) is 10.1 Å². The van der Waals surface area contributed by atoms with E-state index in [1.165, 1.54) is 13.4 Å². The number of methoxy groups -OCH3 is 1. The van der Waals surface area contributed by atoms with Crippen molar-refractivity contribution < 1.29 is 9.53 Å². The van der Waals surface area contributed by atoms with E-state index < -0.39 is 0 Å². The van der Waals surface area contributed by atoms with Crippen molar-refractivity contribution in [3.8, 4) is 0 Å². The second-order valence-corrected chi connectivity index (χ2v) is 2.77. The van der Waals surface area contributed by atoms with Crippen LogP contribution in [0.2, 0.25) is 0 Å². The normalized spacial score (nSPS) is 10.3. The fourth-order valence-corrected chi connectivity index (χ4v) is 1.03. The van der Waals surface area contributed by atoms with E-state index in [0.717, 1.165) is 5.82 Å². The number of aryl methyl sites for hydroxylation is 2. The van der Waals surface area contributed by atoms with Crippen LogP contribution in [-0.2, 0) is 23.0 Å². The highest BCUT2D eigenvalue weighted by atomic mass is 16.5. The van der Waals surface area contributed by atoms with E-state index >= 15 is 0 Å². The maximum absolute atomic E-state index is 11.1. The average Bonchev–Trinajstić information content (AvgIpc) is 2.48. The van der Waals surface area contributed by atoms with Gasteiger partial charge >= 0.3 is 0 Å². The van der Waals surface area contributed by atoms with Crippen molar-refractivity contribution in [3.05, 3.63) is 12.2 Å². The molecule has 1 aromatic heterocycles. The SMILES string of the molecule is COCC(=O)CCc1ncnn1C. The Hall–Kier alpha value is -1.23. The summed E-state index contributed by atoms with van der Waals surface area (Å²) in [6.45, 7) is 0.178. The lowest BCUT2D eigenvalue weighted by atomic mass is 10.2. The number of carbonyl (C=O) groups is 1. The van der Waals surface area contributed by atoms with Crippen LogP contribution in [0.4, 0.5) is 0 Å². The van der Waals surface area contributed by atoms with Gasteiger partial charge in [-0.25, -0.2) is 4.98 Å². The predicted molar refractivity (Wildman–Crippen MR) is 46.2 cm³/mol. The molecule has 0 atom stereocenters. The van der Waals surface area contributed by atoms with Crippen molar-refractivity contribution in [1.82, 2.24) is 14.8 Å². The fraction of sp³-hybridized carbons (Fsp3) is 0.625. The third-order valence-electron chi connectivity index (χ3n) is 1.74. The summed E-state index contributed by atoms with van der Waals surface area (Å²) in [5.41, 5.74) is 0. The van der Waals surface area contributed by atoms with Crippen LogP contribution in [0.5, 0.6) is 0 Å². The Bertz CT molecular complexity index is 283. The van der Waals surface area contributed by atoms with Crippen LogP contribution in [0, 0.1) is 0 Å². The number of carbonyl (C=O) groups excluding carboxylic acids is 1. The lowest BCUT2D eigenvalue weighted by Gasteiger charge is -1.99. The third-order valence-corrected chi connectivity index (χ3v) is 1.74. The zero-order chi connectivity index (χ0) is 9.68. The second kappa shape index (κ2) is 4.71. The minimum Gasteiger partial charge on any atom is -0.377 e. The van der Waals surface area contributed by atoms with E-state index in [1.54, 1.807) is 4.68 Å². The minimum atomic E-state index is 0.0884. The molecule has 0 saturated carbocycles. The lowest BCUT2D eigenvalue weighted by Crippen LogP contribution is -2.09. The first-order valence-electron chi connectivity index (χ1n) is 4.07. The molecular formula is C8H13N3O2. The largest absolute Gasteiger partial charge is 0.377 e. The maximum atomic E-state index is 11.1. The molecular weight excluding hydrogens is 170 g/mol. The molecule has 0 aromatic carbocycles. The maximum Gasteiger partial charge on any atom is 0.158 e. The topological polar surface area (TPSA) is 57.0 Å². The van der Waals surface area contributed by atoms with Crippen molar-refractivity contribution in [2.24, 2.45) is 7.05 Å². The fourth-order valence-electron chi connectivity index (χ4n) is 1.03. The van der Waals surface area contributed by atoms with E-state index in [0.29, 0.717) is 12.8 Å². The molecule has 1 heterocycles. The van der Waals surface area contributed by atoms with E-state index in [-0.39, 0.29) is 12.4 Å². The van der Waals surface area contributed by atoms with Crippen LogP contribution < -0.4 is 0 Å².